The largest absolute Gasteiger partial charge is 0.377 e. The molecule has 14 heavy (non-hydrogen) atoms. The maximum Gasteiger partial charge on any atom is 0.0736 e. The topological polar surface area (TPSA) is 12.5 Å². The number of halogens is 1. The van der Waals surface area contributed by atoms with Gasteiger partial charge in [0.1, 0.15) is 0 Å². The molecule has 4 rings (SSSR count). The molecule has 0 N–H and O–H groups in total. The fraction of sp³-hybridized carbons (Fsp3) is 1.00. The molecule has 4 heterocycles. The molecule has 3 heteroatoms. The van der Waals surface area contributed by atoms with E-state index in [1.54, 1.807) is 0 Å². The monoisotopic (exact) mass is 307 g/mol. The number of ether oxygens (including phenoxy) is 1. The van der Waals surface area contributed by atoms with E-state index < -0.39 is 0 Å². The summed E-state index contributed by atoms with van der Waals surface area (Å²) < 4.78 is 7.10. The molecule has 2 nitrogen and oxygen atoms in total. The van der Waals surface area contributed by atoms with Crippen molar-refractivity contribution in [3.8, 4) is 0 Å². The Hall–Kier alpha value is 0.650. The van der Waals surface area contributed by atoms with Crippen LogP contribution in [0.3, 0.4) is 0 Å². The molecule has 4 aliphatic heterocycles. The van der Waals surface area contributed by atoms with E-state index in [4.69, 9.17) is 4.74 Å². The highest BCUT2D eigenvalue weighted by atomic mass is 127. The molecule has 2 atom stereocenters. The van der Waals surface area contributed by atoms with Crippen molar-refractivity contribution in [1.29, 1.82) is 0 Å². The Kier molecular flexibility index (Phi) is 2.53. The molecule has 1 spiro atoms. The van der Waals surface area contributed by atoms with E-state index in [9.17, 15) is 0 Å². The smallest absolute Gasteiger partial charge is 0.0736 e. The highest BCUT2D eigenvalue weighted by Gasteiger charge is 2.53. The van der Waals surface area contributed by atoms with Crippen LogP contribution < -0.4 is 0 Å². The van der Waals surface area contributed by atoms with Crippen molar-refractivity contribution in [3.05, 3.63) is 0 Å². The summed E-state index contributed by atoms with van der Waals surface area (Å²) >= 11 is 2.50. The van der Waals surface area contributed by atoms with Crippen molar-refractivity contribution in [2.45, 2.75) is 25.4 Å². The van der Waals surface area contributed by atoms with Gasteiger partial charge < -0.3 is 9.64 Å². The lowest BCUT2D eigenvalue weighted by molar-refractivity contribution is -0.0651. The summed E-state index contributed by atoms with van der Waals surface area (Å²) in [6.45, 7) is 5.03. The second kappa shape index (κ2) is 3.59. The van der Waals surface area contributed by atoms with Gasteiger partial charge in [-0.1, -0.05) is 22.6 Å². The first-order valence-electron chi connectivity index (χ1n) is 5.75. The van der Waals surface area contributed by atoms with Gasteiger partial charge >= 0.3 is 0 Å². The number of fused-ring (bicyclic) bond motifs is 2. The Morgan fingerprint density at radius 2 is 2.14 bits per heavy atom. The van der Waals surface area contributed by atoms with Gasteiger partial charge in [-0.15, -0.1) is 0 Å². The molecule has 4 saturated heterocycles. The van der Waals surface area contributed by atoms with Crippen molar-refractivity contribution < 1.29 is 4.74 Å². The molecule has 0 radical (unpaired) electrons. The predicted octanol–water partition coefficient (Wildman–Crippen LogP) is 1.92. The van der Waals surface area contributed by atoms with Gasteiger partial charge in [-0.2, -0.15) is 0 Å². The van der Waals surface area contributed by atoms with Crippen LogP contribution in [-0.2, 0) is 4.74 Å². The highest BCUT2D eigenvalue weighted by molar-refractivity contribution is 14.1. The van der Waals surface area contributed by atoms with Crippen molar-refractivity contribution in [2.75, 3.05) is 30.7 Å². The first kappa shape index (κ1) is 9.85. The van der Waals surface area contributed by atoms with Gasteiger partial charge in [0.15, 0.2) is 0 Å². The number of rotatable bonds is 1. The summed E-state index contributed by atoms with van der Waals surface area (Å²) in [5.41, 5.74) is 0.553. The zero-order valence-electron chi connectivity index (χ0n) is 8.54. The summed E-state index contributed by atoms with van der Waals surface area (Å²) in [7, 11) is 0. The van der Waals surface area contributed by atoms with E-state index in [1.165, 1.54) is 43.3 Å². The zero-order chi connectivity index (χ0) is 9.60. The number of hydrogen-bond donors (Lipinski definition) is 0. The lowest BCUT2D eigenvalue weighted by atomic mass is 9.63. The van der Waals surface area contributed by atoms with Crippen LogP contribution in [0.1, 0.15) is 19.3 Å². The number of piperidine rings is 3. The third-order valence-corrected chi connectivity index (χ3v) is 5.39. The third kappa shape index (κ3) is 1.28. The Bertz CT molecular complexity index is 227. The molecule has 2 unspecified atom stereocenters. The van der Waals surface area contributed by atoms with Crippen molar-refractivity contribution in [2.24, 2.45) is 11.3 Å². The van der Waals surface area contributed by atoms with Gasteiger partial charge in [0.05, 0.1) is 6.10 Å². The highest BCUT2D eigenvalue weighted by Crippen LogP contribution is 2.51. The van der Waals surface area contributed by atoms with Crippen LogP contribution in [0.2, 0.25) is 0 Å². The van der Waals surface area contributed by atoms with E-state index in [2.05, 4.69) is 27.5 Å². The van der Waals surface area contributed by atoms with Crippen LogP contribution in [0.5, 0.6) is 0 Å². The second-order valence-corrected chi connectivity index (χ2v) is 5.93. The number of hydrogen-bond acceptors (Lipinski definition) is 2. The summed E-state index contributed by atoms with van der Waals surface area (Å²) in [6, 6.07) is 0. The third-order valence-electron chi connectivity index (χ3n) is 4.59. The van der Waals surface area contributed by atoms with Crippen LogP contribution in [0, 0.1) is 11.3 Å². The molecule has 0 saturated carbocycles. The van der Waals surface area contributed by atoms with Crippen LogP contribution in [0.25, 0.3) is 0 Å². The molecule has 80 valence electrons. The summed E-state index contributed by atoms with van der Waals surface area (Å²) in [5, 5.41) is 0. The maximum absolute atomic E-state index is 5.91. The minimum absolute atomic E-state index is 0.552. The van der Waals surface area contributed by atoms with E-state index in [0.29, 0.717) is 11.5 Å². The molecule has 0 aliphatic carbocycles. The lowest BCUT2D eigenvalue weighted by Crippen LogP contribution is -2.58. The fourth-order valence-electron chi connectivity index (χ4n) is 3.78. The van der Waals surface area contributed by atoms with E-state index in [0.717, 1.165) is 12.5 Å². The molecular weight excluding hydrogens is 289 g/mol. The zero-order valence-corrected chi connectivity index (χ0v) is 10.7. The molecule has 2 bridgehead atoms. The van der Waals surface area contributed by atoms with Crippen LogP contribution >= 0.6 is 22.6 Å². The number of nitrogens with zero attached hydrogens (tertiary/aromatic N) is 1. The molecule has 0 aromatic carbocycles. The predicted molar refractivity (Wildman–Crippen MR) is 64.8 cm³/mol. The molecule has 0 aromatic heterocycles. The van der Waals surface area contributed by atoms with Gasteiger partial charge in [-0.25, -0.2) is 0 Å². The standard InChI is InChI=1S/C11H18INO/c12-7-10-11(3-6-14-10)8-13-4-1-9(11)2-5-13/h9-10H,1-8H2. The first-order chi connectivity index (χ1) is 6.85. The quantitative estimate of drug-likeness (QED) is 0.542. The van der Waals surface area contributed by atoms with Crippen molar-refractivity contribution in [1.82, 2.24) is 4.90 Å². The minimum Gasteiger partial charge on any atom is -0.377 e. The van der Waals surface area contributed by atoms with E-state index >= 15 is 0 Å². The Labute approximate surface area is 99.5 Å². The van der Waals surface area contributed by atoms with Gasteiger partial charge in [-0.05, 0) is 38.3 Å². The maximum atomic E-state index is 5.91. The van der Waals surface area contributed by atoms with E-state index in [1.807, 2.05) is 0 Å². The lowest BCUT2D eigenvalue weighted by Gasteiger charge is -2.53. The summed E-state index contributed by atoms with van der Waals surface area (Å²) in [5.74, 6) is 0.967. The normalized spacial score (nSPS) is 51.6. The van der Waals surface area contributed by atoms with E-state index in [-0.39, 0.29) is 0 Å². The molecule has 0 aromatic rings. The van der Waals surface area contributed by atoms with Gasteiger partial charge in [0.25, 0.3) is 0 Å². The second-order valence-electron chi connectivity index (χ2n) is 5.05. The average molecular weight is 307 g/mol. The number of alkyl halides is 1. The first-order valence-corrected chi connectivity index (χ1v) is 7.28. The molecule has 4 aliphatic rings. The van der Waals surface area contributed by atoms with Gasteiger partial charge in [-0.3, -0.25) is 0 Å². The Balaban J connectivity index is 1.88. The Morgan fingerprint density at radius 1 is 1.36 bits per heavy atom. The van der Waals surface area contributed by atoms with Crippen LogP contribution in [-0.4, -0.2) is 41.7 Å². The summed E-state index contributed by atoms with van der Waals surface area (Å²) in [6.07, 6.45) is 4.73. The Morgan fingerprint density at radius 3 is 2.71 bits per heavy atom. The van der Waals surface area contributed by atoms with Crippen LogP contribution in [0.15, 0.2) is 0 Å². The summed E-state index contributed by atoms with van der Waals surface area (Å²) in [4.78, 5) is 2.66. The van der Waals surface area contributed by atoms with Crippen molar-refractivity contribution in [3.63, 3.8) is 0 Å². The average Bonchev–Trinajstić information content (AvgIpc) is 2.62. The molecular formula is C11H18INO. The van der Waals surface area contributed by atoms with Crippen LogP contribution in [0.4, 0.5) is 0 Å². The molecule has 4 fully saturated rings. The van der Waals surface area contributed by atoms with Gasteiger partial charge in [0.2, 0.25) is 0 Å². The van der Waals surface area contributed by atoms with Gasteiger partial charge in [0, 0.05) is 23.0 Å². The fourth-order valence-corrected chi connectivity index (χ4v) is 4.91. The SMILES string of the molecule is ICC1OCCC12CN1CCC2CC1. The van der Waals surface area contributed by atoms with Crippen molar-refractivity contribution >= 4 is 22.6 Å². The minimum atomic E-state index is 0.552. The molecule has 0 amide bonds.